The Bertz CT molecular complexity index is 579. The van der Waals surface area contributed by atoms with E-state index in [2.05, 4.69) is 16.9 Å². The van der Waals surface area contributed by atoms with Gasteiger partial charge in [0.05, 0.1) is 12.3 Å². The molecule has 0 spiro atoms. The minimum atomic E-state index is -0.170. The normalized spacial score (nSPS) is 10.4. The largest absolute Gasteiger partial charge is 0.465 e. The fourth-order valence-corrected chi connectivity index (χ4v) is 1.97. The second-order valence-corrected chi connectivity index (χ2v) is 4.76. The number of aromatic amines is 1. The highest BCUT2D eigenvalue weighted by atomic mass is 16.5. The van der Waals surface area contributed by atoms with Crippen LogP contribution in [0.3, 0.4) is 0 Å². The number of ether oxygens (including phenoxy) is 1. The number of hydrogen-bond donors (Lipinski definition) is 1. The molecule has 0 aliphatic carbocycles. The summed E-state index contributed by atoms with van der Waals surface area (Å²) < 4.78 is 5.50. The van der Waals surface area contributed by atoms with Gasteiger partial charge in [-0.1, -0.05) is 50.1 Å². The van der Waals surface area contributed by atoms with Gasteiger partial charge in [-0.2, -0.15) is 0 Å². The molecule has 0 aliphatic rings. The molecule has 0 radical (unpaired) electrons. The summed E-state index contributed by atoms with van der Waals surface area (Å²) in [4.78, 5) is 18.6. The summed E-state index contributed by atoms with van der Waals surface area (Å²) in [7, 11) is 0. The van der Waals surface area contributed by atoms with Crippen LogP contribution in [-0.4, -0.2) is 16.6 Å². The van der Waals surface area contributed by atoms with Crippen LogP contribution >= 0.6 is 0 Å². The zero-order valence-electron chi connectivity index (χ0n) is 11.8. The summed E-state index contributed by atoms with van der Waals surface area (Å²) in [6, 6.07) is 11.8. The van der Waals surface area contributed by atoms with Crippen molar-refractivity contribution in [1.82, 2.24) is 9.97 Å². The van der Waals surface area contributed by atoms with Gasteiger partial charge in [0.15, 0.2) is 0 Å². The standard InChI is InChI=1S/C16H20N2O2/c1-2-3-7-10-20-16-17-14(12-15(19)18-16)11-13-8-5-4-6-9-13/h4-6,8-9,12H,2-3,7,10-11H2,1H3,(H,17,18,19). The molecule has 0 saturated carbocycles. The molecule has 0 saturated heterocycles. The van der Waals surface area contributed by atoms with Crippen molar-refractivity contribution in [2.75, 3.05) is 6.61 Å². The second-order valence-electron chi connectivity index (χ2n) is 4.76. The lowest BCUT2D eigenvalue weighted by Crippen LogP contribution is -2.12. The van der Waals surface area contributed by atoms with E-state index < -0.39 is 0 Å². The summed E-state index contributed by atoms with van der Waals surface area (Å²) in [6.45, 7) is 2.73. The van der Waals surface area contributed by atoms with E-state index in [4.69, 9.17) is 4.74 Å². The average molecular weight is 272 g/mol. The predicted octanol–water partition coefficient (Wildman–Crippen LogP) is 2.93. The molecule has 1 aromatic heterocycles. The fourth-order valence-electron chi connectivity index (χ4n) is 1.97. The van der Waals surface area contributed by atoms with E-state index in [-0.39, 0.29) is 5.56 Å². The Labute approximate surface area is 118 Å². The number of unbranched alkanes of at least 4 members (excludes halogenated alkanes) is 2. The smallest absolute Gasteiger partial charge is 0.296 e. The van der Waals surface area contributed by atoms with E-state index in [0.717, 1.165) is 30.5 Å². The van der Waals surface area contributed by atoms with Gasteiger partial charge < -0.3 is 4.74 Å². The molecular formula is C16H20N2O2. The number of benzene rings is 1. The zero-order chi connectivity index (χ0) is 14.2. The number of hydrogen-bond acceptors (Lipinski definition) is 3. The third kappa shape index (κ3) is 4.53. The molecule has 2 rings (SSSR count). The fraction of sp³-hybridized carbons (Fsp3) is 0.375. The van der Waals surface area contributed by atoms with Crippen LogP contribution in [0.1, 0.15) is 37.4 Å². The summed E-state index contributed by atoms with van der Waals surface area (Å²) in [5.74, 6) is 0. The first-order valence-electron chi connectivity index (χ1n) is 7.05. The minimum Gasteiger partial charge on any atom is -0.465 e. The highest BCUT2D eigenvalue weighted by Crippen LogP contribution is 2.08. The Kier molecular flexibility index (Phi) is 5.35. The van der Waals surface area contributed by atoms with Gasteiger partial charge in [-0.05, 0) is 12.0 Å². The number of aromatic nitrogens is 2. The molecule has 0 aliphatic heterocycles. The van der Waals surface area contributed by atoms with Gasteiger partial charge in [-0.25, -0.2) is 4.98 Å². The average Bonchev–Trinajstić information content (AvgIpc) is 2.44. The lowest BCUT2D eigenvalue weighted by molar-refractivity contribution is 0.281. The Morgan fingerprint density at radius 2 is 2.00 bits per heavy atom. The lowest BCUT2D eigenvalue weighted by Gasteiger charge is -2.06. The molecule has 2 aromatic rings. The quantitative estimate of drug-likeness (QED) is 0.788. The van der Waals surface area contributed by atoms with Crippen LogP contribution in [0, 0.1) is 0 Å². The molecule has 1 heterocycles. The monoisotopic (exact) mass is 272 g/mol. The molecule has 106 valence electrons. The van der Waals surface area contributed by atoms with Gasteiger partial charge in [0, 0.05) is 12.5 Å². The molecule has 1 N–H and O–H groups in total. The molecular weight excluding hydrogens is 252 g/mol. The lowest BCUT2D eigenvalue weighted by atomic mass is 10.1. The number of H-pyrrole nitrogens is 1. The van der Waals surface area contributed by atoms with Gasteiger partial charge in [0.25, 0.3) is 11.6 Å². The van der Waals surface area contributed by atoms with E-state index in [9.17, 15) is 4.79 Å². The topological polar surface area (TPSA) is 55.0 Å². The van der Waals surface area contributed by atoms with Crippen LogP contribution in [0.5, 0.6) is 6.01 Å². The molecule has 0 fully saturated rings. The highest BCUT2D eigenvalue weighted by Gasteiger charge is 2.03. The summed E-state index contributed by atoms with van der Waals surface area (Å²) in [5, 5.41) is 0. The zero-order valence-corrected chi connectivity index (χ0v) is 11.8. The van der Waals surface area contributed by atoms with Crippen LogP contribution in [0.2, 0.25) is 0 Å². The van der Waals surface area contributed by atoms with E-state index in [1.165, 1.54) is 6.07 Å². The molecule has 0 bridgehead atoms. The second kappa shape index (κ2) is 7.48. The molecule has 20 heavy (non-hydrogen) atoms. The Hall–Kier alpha value is -2.10. The van der Waals surface area contributed by atoms with Gasteiger partial charge in [0.2, 0.25) is 0 Å². The van der Waals surface area contributed by atoms with Crippen molar-refractivity contribution in [2.45, 2.75) is 32.6 Å². The number of rotatable bonds is 7. The highest BCUT2D eigenvalue weighted by molar-refractivity contribution is 5.21. The van der Waals surface area contributed by atoms with Crippen LogP contribution in [0.4, 0.5) is 0 Å². The maximum atomic E-state index is 11.6. The number of nitrogens with zero attached hydrogens (tertiary/aromatic N) is 1. The summed E-state index contributed by atoms with van der Waals surface area (Å²) >= 11 is 0. The van der Waals surface area contributed by atoms with E-state index in [1.807, 2.05) is 30.3 Å². The van der Waals surface area contributed by atoms with Gasteiger partial charge in [-0.15, -0.1) is 0 Å². The molecule has 0 unspecified atom stereocenters. The van der Waals surface area contributed by atoms with Crippen LogP contribution in [0.25, 0.3) is 0 Å². The molecule has 0 amide bonds. The van der Waals surface area contributed by atoms with Crippen molar-refractivity contribution in [3.05, 3.63) is 58.0 Å². The van der Waals surface area contributed by atoms with Gasteiger partial charge in [0.1, 0.15) is 0 Å². The molecule has 1 aromatic carbocycles. The van der Waals surface area contributed by atoms with Crippen molar-refractivity contribution in [3.63, 3.8) is 0 Å². The van der Waals surface area contributed by atoms with E-state index in [0.29, 0.717) is 19.0 Å². The van der Waals surface area contributed by atoms with E-state index in [1.54, 1.807) is 0 Å². The first-order valence-corrected chi connectivity index (χ1v) is 7.05. The predicted molar refractivity (Wildman–Crippen MR) is 79.1 cm³/mol. The molecule has 4 heteroatoms. The Morgan fingerprint density at radius 3 is 2.75 bits per heavy atom. The molecule has 0 atom stereocenters. The molecule has 4 nitrogen and oxygen atoms in total. The van der Waals surface area contributed by atoms with Crippen molar-refractivity contribution < 1.29 is 4.74 Å². The van der Waals surface area contributed by atoms with Gasteiger partial charge in [-0.3, -0.25) is 9.78 Å². The van der Waals surface area contributed by atoms with Gasteiger partial charge >= 0.3 is 0 Å². The van der Waals surface area contributed by atoms with Crippen molar-refractivity contribution in [2.24, 2.45) is 0 Å². The van der Waals surface area contributed by atoms with Crippen molar-refractivity contribution in [1.29, 1.82) is 0 Å². The Morgan fingerprint density at radius 1 is 1.20 bits per heavy atom. The third-order valence-electron chi connectivity index (χ3n) is 2.99. The first-order chi connectivity index (χ1) is 9.78. The maximum absolute atomic E-state index is 11.6. The van der Waals surface area contributed by atoms with E-state index >= 15 is 0 Å². The maximum Gasteiger partial charge on any atom is 0.296 e. The van der Waals surface area contributed by atoms with Crippen molar-refractivity contribution in [3.8, 4) is 6.01 Å². The van der Waals surface area contributed by atoms with Crippen LogP contribution < -0.4 is 10.3 Å². The third-order valence-corrected chi connectivity index (χ3v) is 2.99. The number of nitrogens with one attached hydrogen (secondary N) is 1. The van der Waals surface area contributed by atoms with Crippen LogP contribution in [-0.2, 0) is 6.42 Å². The first kappa shape index (κ1) is 14.3. The SMILES string of the molecule is CCCCCOc1nc(Cc2ccccc2)cc(=O)[nH]1. The summed E-state index contributed by atoms with van der Waals surface area (Å²) in [5.41, 5.74) is 1.68. The minimum absolute atomic E-state index is 0.170. The summed E-state index contributed by atoms with van der Waals surface area (Å²) in [6.07, 6.45) is 3.87. The van der Waals surface area contributed by atoms with Crippen molar-refractivity contribution >= 4 is 0 Å². The van der Waals surface area contributed by atoms with Crippen LogP contribution in [0.15, 0.2) is 41.2 Å². The Balaban J connectivity index is 2.03.